The average Bonchev–Trinajstić information content (AvgIpc) is 2.39. The summed E-state index contributed by atoms with van der Waals surface area (Å²) in [6.45, 7) is 3.79. The maximum atomic E-state index is 3.79. The van der Waals surface area contributed by atoms with Crippen molar-refractivity contribution < 1.29 is 3.97 Å². The molecule has 1 aromatic heterocycles. The van der Waals surface area contributed by atoms with Crippen LogP contribution in [-0.2, 0) is 12.2 Å². The zero-order valence-corrected chi connectivity index (χ0v) is 10.6. The van der Waals surface area contributed by atoms with Crippen LogP contribution in [0.25, 0.3) is 0 Å². The highest BCUT2D eigenvalue weighted by Gasteiger charge is 2.09. The van der Waals surface area contributed by atoms with E-state index < -0.39 is 0 Å². The Labute approximate surface area is 107 Å². The molecule has 1 aromatic carbocycles. The molecule has 0 fully saturated rings. The highest BCUT2D eigenvalue weighted by Crippen LogP contribution is 2.09. The molecule has 0 atom stereocenters. The third kappa shape index (κ3) is 3.46. The third-order valence-corrected chi connectivity index (χ3v) is 3.57. The first-order chi connectivity index (χ1) is 8.40. The van der Waals surface area contributed by atoms with Gasteiger partial charge in [0.15, 0.2) is 23.8 Å². The lowest BCUT2D eigenvalue weighted by molar-refractivity contribution is -0.504. The first-order valence-electron chi connectivity index (χ1n) is 5.68. The second-order valence-electron chi connectivity index (χ2n) is 3.77. The Kier molecular flexibility index (Phi) is 4.39. The van der Waals surface area contributed by atoms with Gasteiger partial charge in [-0.25, -0.2) is 0 Å². The van der Waals surface area contributed by atoms with Crippen molar-refractivity contribution >= 4 is 11.9 Å². The van der Waals surface area contributed by atoms with Crippen LogP contribution in [0.5, 0.6) is 0 Å². The van der Waals surface area contributed by atoms with Gasteiger partial charge >= 0.3 is 0 Å². The predicted octanol–water partition coefficient (Wildman–Crippen LogP) is 3.40. The summed E-state index contributed by atoms with van der Waals surface area (Å²) < 4.78 is 2.22. The van der Waals surface area contributed by atoms with Crippen LogP contribution in [0.15, 0.2) is 67.4 Å². The summed E-state index contributed by atoms with van der Waals surface area (Å²) in [5.41, 5.74) is 2.63. The van der Waals surface area contributed by atoms with E-state index in [1.54, 1.807) is 0 Å². The first-order valence-corrected chi connectivity index (χ1v) is 6.62. The van der Waals surface area contributed by atoms with Gasteiger partial charge in [0, 0.05) is 12.1 Å². The zero-order chi connectivity index (χ0) is 11.9. The largest absolute Gasteiger partial charge is 0.199 e. The fourth-order valence-electron chi connectivity index (χ4n) is 1.61. The SMILES string of the molecule is C=CCc1cccc[n+]1SCc1ccccc1. The van der Waals surface area contributed by atoms with Gasteiger partial charge in [-0.3, -0.25) is 0 Å². The molecule has 0 saturated carbocycles. The van der Waals surface area contributed by atoms with Crippen molar-refractivity contribution in [1.82, 2.24) is 0 Å². The summed E-state index contributed by atoms with van der Waals surface area (Å²) in [5, 5.41) is 0. The summed E-state index contributed by atoms with van der Waals surface area (Å²) in [6, 6.07) is 16.8. The highest BCUT2D eigenvalue weighted by molar-refractivity contribution is 7.92. The lowest BCUT2D eigenvalue weighted by Gasteiger charge is -1.99. The van der Waals surface area contributed by atoms with E-state index in [1.807, 2.05) is 24.1 Å². The van der Waals surface area contributed by atoms with Crippen LogP contribution in [0.1, 0.15) is 11.3 Å². The summed E-state index contributed by atoms with van der Waals surface area (Å²) in [5.74, 6) is 0.986. The molecule has 0 aliphatic rings. The van der Waals surface area contributed by atoms with Crippen LogP contribution in [0.4, 0.5) is 0 Å². The van der Waals surface area contributed by atoms with Crippen molar-refractivity contribution in [2.75, 3.05) is 0 Å². The maximum Gasteiger partial charge on any atom is 0.199 e. The molecule has 0 aliphatic heterocycles. The predicted molar refractivity (Wildman–Crippen MR) is 73.7 cm³/mol. The first kappa shape index (κ1) is 11.9. The van der Waals surface area contributed by atoms with Crippen molar-refractivity contribution in [2.45, 2.75) is 12.2 Å². The summed E-state index contributed by atoms with van der Waals surface area (Å²) in [4.78, 5) is 0. The molecule has 17 heavy (non-hydrogen) atoms. The smallest absolute Gasteiger partial charge is 0.131 e. The number of benzene rings is 1. The molecule has 0 bridgehead atoms. The number of hydrogen-bond donors (Lipinski definition) is 0. The summed E-state index contributed by atoms with van der Waals surface area (Å²) in [6.07, 6.45) is 4.95. The molecule has 0 spiro atoms. The van der Waals surface area contributed by atoms with Crippen molar-refractivity contribution in [1.29, 1.82) is 0 Å². The zero-order valence-electron chi connectivity index (χ0n) is 9.75. The number of pyridine rings is 1. The Morgan fingerprint density at radius 2 is 1.82 bits per heavy atom. The lowest BCUT2D eigenvalue weighted by Crippen LogP contribution is -2.30. The van der Waals surface area contributed by atoms with Crippen molar-refractivity contribution in [3.63, 3.8) is 0 Å². The molecule has 1 nitrogen and oxygen atoms in total. The minimum Gasteiger partial charge on any atom is -0.131 e. The molecule has 2 heteroatoms. The molecular weight excluding hydrogens is 226 g/mol. The number of hydrogen-bond acceptors (Lipinski definition) is 1. The molecule has 0 radical (unpaired) electrons. The van der Waals surface area contributed by atoms with E-state index in [1.165, 1.54) is 11.3 Å². The Balaban J connectivity index is 2.06. The molecule has 2 rings (SSSR count). The second-order valence-corrected chi connectivity index (χ2v) is 4.71. The fourth-order valence-corrected chi connectivity index (χ4v) is 2.55. The summed E-state index contributed by atoms with van der Waals surface area (Å²) >= 11 is 1.81. The number of nitrogens with zero attached hydrogens (tertiary/aromatic N) is 1. The fraction of sp³-hybridized carbons (Fsp3) is 0.133. The van der Waals surface area contributed by atoms with E-state index in [2.05, 4.69) is 59.2 Å². The van der Waals surface area contributed by atoms with Crippen molar-refractivity contribution in [3.8, 4) is 0 Å². The number of rotatable bonds is 5. The lowest BCUT2D eigenvalue weighted by atomic mass is 10.2. The van der Waals surface area contributed by atoms with Crippen LogP contribution in [0.2, 0.25) is 0 Å². The second kappa shape index (κ2) is 6.26. The Morgan fingerprint density at radius 3 is 2.59 bits per heavy atom. The van der Waals surface area contributed by atoms with Gasteiger partial charge in [-0.1, -0.05) is 42.5 Å². The van der Waals surface area contributed by atoms with Gasteiger partial charge in [0.05, 0.1) is 12.2 Å². The van der Waals surface area contributed by atoms with Crippen molar-refractivity contribution in [3.05, 3.63) is 78.6 Å². The Hall–Kier alpha value is -1.54. The Bertz CT molecular complexity index is 479. The number of aromatic nitrogens is 1. The van der Waals surface area contributed by atoms with Crippen LogP contribution in [0, 0.1) is 0 Å². The van der Waals surface area contributed by atoms with E-state index in [0.717, 1.165) is 12.2 Å². The van der Waals surface area contributed by atoms with Gasteiger partial charge in [-0.15, -0.1) is 10.6 Å². The maximum absolute atomic E-state index is 3.79. The average molecular weight is 242 g/mol. The topological polar surface area (TPSA) is 3.88 Å². The molecule has 0 amide bonds. The van der Waals surface area contributed by atoms with E-state index in [9.17, 15) is 0 Å². The normalized spacial score (nSPS) is 10.1. The van der Waals surface area contributed by atoms with Gasteiger partial charge < -0.3 is 0 Å². The van der Waals surface area contributed by atoms with Crippen LogP contribution < -0.4 is 3.97 Å². The molecule has 0 N–H and O–H groups in total. The molecule has 86 valence electrons. The molecule has 1 heterocycles. The molecule has 0 aliphatic carbocycles. The van der Waals surface area contributed by atoms with Gasteiger partial charge in [0.25, 0.3) is 0 Å². The quantitative estimate of drug-likeness (QED) is 0.574. The minimum absolute atomic E-state index is 0.905. The van der Waals surface area contributed by atoms with Gasteiger partial charge in [0.1, 0.15) is 0 Å². The minimum atomic E-state index is 0.905. The standard InChI is InChI=1S/C15H16NS/c1-2-8-15-11-6-7-12-16(15)17-13-14-9-4-3-5-10-14/h2-7,9-12H,1,8,13H2/q+1. The Morgan fingerprint density at radius 1 is 1.06 bits per heavy atom. The molecule has 0 saturated heterocycles. The highest BCUT2D eigenvalue weighted by atomic mass is 32.2. The monoisotopic (exact) mass is 242 g/mol. The molecule has 2 aromatic rings. The van der Waals surface area contributed by atoms with E-state index >= 15 is 0 Å². The van der Waals surface area contributed by atoms with Gasteiger partial charge in [0.2, 0.25) is 0 Å². The molecular formula is C15H16NS+. The van der Waals surface area contributed by atoms with Gasteiger partial charge in [-0.05, 0) is 5.56 Å². The molecule has 0 unspecified atom stereocenters. The van der Waals surface area contributed by atoms with Crippen LogP contribution in [-0.4, -0.2) is 0 Å². The third-order valence-electron chi connectivity index (χ3n) is 2.47. The van der Waals surface area contributed by atoms with Crippen molar-refractivity contribution in [2.24, 2.45) is 0 Å². The van der Waals surface area contributed by atoms with Crippen LogP contribution in [0.3, 0.4) is 0 Å². The van der Waals surface area contributed by atoms with E-state index in [-0.39, 0.29) is 0 Å². The van der Waals surface area contributed by atoms with E-state index in [4.69, 9.17) is 0 Å². The van der Waals surface area contributed by atoms with Crippen LogP contribution >= 0.6 is 11.9 Å². The summed E-state index contributed by atoms with van der Waals surface area (Å²) in [7, 11) is 0. The van der Waals surface area contributed by atoms with Gasteiger partial charge in [-0.2, -0.15) is 0 Å². The van der Waals surface area contributed by atoms with E-state index in [0.29, 0.717) is 0 Å². The number of allylic oxidation sites excluding steroid dienone is 1.